The van der Waals surface area contributed by atoms with E-state index < -0.39 is 0 Å². The Morgan fingerprint density at radius 1 is 1.18 bits per heavy atom. The van der Waals surface area contributed by atoms with Crippen LogP contribution in [0.4, 0.5) is 4.79 Å². The molecule has 2 amide bonds. The minimum Gasteiger partial charge on any atom is -0.335 e. The summed E-state index contributed by atoms with van der Waals surface area (Å²) in [5.74, 6) is 0.856. The summed E-state index contributed by atoms with van der Waals surface area (Å²) in [5, 5.41) is 4.53. The van der Waals surface area contributed by atoms with Gasteiger partial charge in [-0.1, -0.05) is 25.1 Å². The van der Waals surface area contributed by atoms with Crippen LogP contribution in [0.25, 0.3) is 10.9 Å². The van der Waals surface area contributed by atoms with Crippen LogP contribution in [0.3, 0.4) is 0 Å². The average molecular weight is 381 g/mol. The van der Waals surface area contributed by atoms with Gasteiger partial charge in [-0.25, -0.2) is 4.79 Å². The predicted octanol–water partition coefficient (Wildman–Crippen LogP) is 3.77. The number of likely N-dealkylation sites (tertiary alicyclic amines) is 2. The van der Waals surface area contributed by atoms with E-state index in [1.165, 1.54) is 16.5 Å². The largest absolute Gasteiger partial charge is 0.335 e. The Bertz CT molecular complexity index is 844. The van der Waals surface area contributed by atoms with Gasteiger partial charge in [0.25, 0.3) is 0 Å². The van der Waals surface area contributed by atoms with Gasteiger partial charge in [-0.05, 0) is 69.4 Å². The van der Waals surface area contributed by atoms with Crippen molar-refractivity contribution in [1.29, 1.82) is 0 Å². The van der Waals surface area contributed by atoms with Crippen LogP contribution in [0, 0.1) is 12.8 Å². The molecular weight excluding hydrogens is 348 g/mol. The number of hydrogen-bond donors (Lipinski definition) is 1. The van der Waals surface area contributed by atoms with E-state index >= 15 is 0 Å². The monoisotopic (exact) mass is 380 g/mol. The van der Waals surface area contributed by atoms with E-state index in [2.05, 4.69) is 54.3 Å². The topological polar surface area (TPSA) is 48.5 Å². The van der Waals surface area contributed by atoms with Gasteiger partial charge in [0.1, 0.15) is 0 Å². The van der Waals surface area contributed by atoms with E-state index in [-0.39, 0.29) is 6.03 Å². The molecule has 1 N–H and O–H groups in total. The van der Waals surface area contributed by atoms with Crippen LogP contribution in [-0.2, 0) is 0 Å². The van der Waals surface area contributed by atoms with Crippen molar-refractivity contribution in [3.05, 3.63) is 41.6 Å². The standard InChI is InChI=1S/C23H32N4O/c1-16-13-18(20-7-6-17(2)22-21(20)5-4-10-24-22)15-27(14-16)23(28)25-19-8-11-26(3)12-9-19/h4-7,10,16,18-19H,8-9,11-15H2,1-3H3,(H,25,28)/t16-,18+/m1/s1. The minimum absolute atomic E-state index is 0.112. The third-order valence-electron chi connectivity index (χ3n) is 6.44. The minimum atomic E-state index is 0.112. The summed E-state index contributed by atoms with van der Waals surface area (Å²) in [4.78, 5) is 21.9. The van der Waals surface area contributed by atoms with Crippen LogP contribution in [0.5, 0.6) is 0 Å². The molecule has 2 atom stereocenters. The number of hydrogen-bond acceptors (Lipinski definition) is 3. The molecule has 5 nitrogen and oxygen atoms in total. The number of aromatic nitrogens is 1. The van der Waals surface area contributed by atoms with Crippen LogP contribution in [-0.4, -0.2) is 60.1 Å². The Morgan fingerprint density at radius 2 is 1.96 bits per heavy atom. The molecule has 4 rings (SSSR count). The number of carbonyl (C=O) groups excluding carboxylic acids is 1. The van der Waals surface area contributed by atoms with Crippen LogP contribution in [0.1, 0.15) is 43.2 Å². The van der Waals surface area contributed by atoms with Gasteiger partial charge >= 0.3 is 6.03 Å². The summed E-state index contributed by atoms with van der Waals surface area (Å²) < 4.78 is 0. The highest BCUT2D eigenvalue weighted by Crippen LogP contribution is 2.34. The number of pyridine rings is 1. The van der Waals surface area contributed by atoms with E-state index in [0.29, 0.717) is 17.9 Å². The summed E-state index contributed by atoms with van der Waals surface area (Å²) in [6.07, 6.45) is 5.07. The molecule has 0 unspecified atom stereocenters. The van der Waals surface area contributed by atoms with Crippen LogP contribution in [0.15, 0.2) is 30.5 Å². The molecule has 2 saturated heterocycles. The number of fused-ring (bicyclic) bond motifs is 1. The average Bonchev–Trinajstić information content (AvgIpc) is 2.70. The fourth-order valence-electron chi connectivity index (χ4n) is 4.85. The van der Waals surface area contributed by atoms with Crippen molar-refractivity contribution in [2.24, 2.45) is 5.92 Å². The Balaban J connectivity index is 1.51. The molecule has 150 valence electrons. The van der Waals surface area contributed by atoms with Gasteiger partial charge in [0.2, 0.25) is 0 Å². The molecule has 0 aliphatic carbocycles. The maximum absolute atomic E-state index is 13.0. The first kappa shape index (κ1) is 19.2. The number of carbonyl (C=O) groups is 1. The molecule has 0 radical (unpaired) electrons. The van der Waals surface area contributed by atoms with Crippen molar-refractivity contribution in [3.8, 4) is 0 Å². The number of urea groups is 1. The van der Waals surface area contributed by atoms with Crippen LogP contribution < -0.4 is 5.32 Å². The number of aryl methyl sites for hydroxylation is 1. The summed E-state index contributed by atoms with van der Waals surface area (Å²) >= 11 is 0. The van der Waals surface area contributed by atoms with E-state index in [1.807, 2.05) is 17.2 Å². The Labute approximate surface area is 168 Å². The molecule has 28 heavy (non-hydrogen) atoms. The first-order chi connectivity index (χ1) is 13.5. The van der Waals surface area contributed by atoms with Gasteiger partial charge in [0, 0.05) is 36.6 Å². The summed E-state index contributed by atoms with van der Waals surface area (Å²) in [6, 6.07) is 9.03. The lowest BCUT2D eigenvalue weighted by Crippen LogP contribution is -2.52. The number of benzene rings is 1. The second-order valence-corrected chi connectivity index (χ2v) is 8.84. The van der Waals surface area contributed by atoms with Gasteiger partial charge < -0.3 is 15.1 Å². The van der Waals surface area contributed by atoms with E-state index in [4.69, 9.17) is 0 Å². The first-order valence-corrected chi connectivity index (χ1v) is 10.6. The highest BCUT2D eigenvalue weighted by atomic mass is 16.2. The van der Waals surface area contributed by atoms with Crippen molar-refractivity contribution in [3.63, 3.8) is 0 Å². The molecule has 2 fully saturated rings. The summed E-state index contributed by atoms with van der Waals surface area (Å²) in [5.41, 5.74) is 3.62. The Kier molecular flexibility index (Phi) is 5.54. The fourth-order valence-corrected chi connectivity index (χ4v) is 4.85. The van der Waals surface area contributed by atoms with Gasteiger partial charge in [-0.2, -0.15) is 0 Å². The number of piperidine rings is 2. The number of nitrogens with zero attached hydrogens (tertiary/aromatic N) is 3. The SMILES string of the molecule is Cc1ccc([C@H]2C[C@@H](C)CN(C(=O)NC3CCN(C)CC3)C2)c2cccnc12. The molecule has 3 heterocycles. The molecule has 2 aliphatic rings. The maximum Gasteiger partial charge on any atom is 0.317 e. The zero-order valence-electron chi connectivity index (χ0n) is 17.3. The summed E-state index contributed by atoms with van der Waals surface area (Å²) in [6.45, 7) is 8.13. The van der Waals surface area contributed by atoms with Crippen LogP contribution in [0.2, 0.25) is 0 Å². The lowest BCUT2D eigenvalue weighted by molar-refractivity contribution is 0.150. The van der Waals surface area contributed by atoms with Crippen LogP contribution >= 0.6 is 0 Å². The van der Waals surface area contributed by atoms with Gasteiger partial charge in [-0.15, -0.1) is 0 Å². The van der Waals surface area contributed by atoms with Crippen molar-refractivity contribution in [2.45, 2.75) is 45.1 Å². The second-order valence-electron chi connectivity index (χ2n) is 8.84. The highest BCUT2D eigenvalue weighted by molar-refractivity contribution is 5.85. The molecular formula is C23H32N4O. The molecule has 0 spiro atoms. The second kappa shape index (κ2) is 8.08. The lowest BCUT2D eigenvalue weighted by atomic mass is 9.83. The molecule has 1 aromatic carbocycles. The number of amides is 2. The van der Waals surface area contributed by atoms with E-state index in [9.17, 15) is 4.79 Å². The smallest absolute Gasteiger partial charge is 0.317 e. The van der Waals surface area contributed by atoms with Crippen molar-refractivity contribution in [2.75, 3.05) is 33.2 Å². The Hall–Kier alpha value is -2.14. The highest BCUT2D eigenvalue weighted by Gasteiger charge is 2.31. The fraction of sp³-hybridized carbons (Fsp3) is 0.565. The van der Waals surface area contributed by atoms with E-state index in [1.54, 1.807) is 0 Å². The molecule has 2 aromatic rings. The van der Waals surface area contributed by atoms with Crippen molar-refractivity contribution < 1.29 is 4.79 Å². The zero-order valence-corrected chi connectivity index (χ0v) is 17.3. The van der Waals surface area contributed by atoms with Gasteiger partial charge in [0.15, 0.2) is 0 Å². The van der Waals surface area contributed by atoms with Gasteiger partial charge in [0.05, 0.1) is 5.52 Å². The third-order valence-corrected chi connectivity index (χ3v) is 6.44. The normalized spacial score (nSPS) is 24.5. The van der Waals surface area contributed by atoms with E-state index in [0.717, 1.165) is 51.0 Å². The predicted molar refractivity (Wildman–Crippen MR) is 114 cm³/mol. The van der Waals surface area contributed by atoms with Crippen molar-refractivity contribution >= 4 is 16.9 Å². The van der Waals surface area contributed by atoms with Crippen molar-refractivity contribution in [1.82, 2.24) is 20.1 Å². The molecule has 0 bridgehead atoms. The number of nitrogens with one attached hydrogen (secondary N) is 1. The zero-order chi connectivity index (χ0) is 19.7. The molecule has 1 aromatic heterocycles. The molecule has 2 aliphatic heterocycles. The number of rotatable bonds is 2. The first-order valence-electron chi connectivity index (χ1n) is 10.6. The third kappa shape index (κ3) is 4.00. The molecule has 0 saturated carbocycles. The lowest BCUT2D eigenvalue weighted by Gasteiger charge is -2.38. The molecule has 5 heteroatoms. The van der Waals surface area contributed by atoms with Gasteiger partial charge in [-0.3, -0.25) is 4.98 Å². The maximum atomic E-state index is 13.0. The quantitative estimate of drug-likeness (QED) is 0.863. The Morgan fingerprint density at radius 3 is 2.75 bits per heavy atom. The summed E-state index contributed by atoms with van der Waals surface area (Å²) in [7, 11) is 2.15.